The molecule has 0 N–H and O–H groups in total. The minimum atomic E-state index is -1.22. The predicted octanol–water partition coefficient (Wildman–Crippen LogP) is 2.30. The molecule has 0 radical (unpaired) electrons. The molecule has 23 heavy (non-hydrogen) atoms. The molecule has 2 heterocycles. The molecule has 0 atom stereocenters. The standard InChI is InChI=1S/C18H13NO4/c1-10-2-4-14-12(6-10)13(18(20)21)8-15(19-14)11-3-5-16-17(7-11)23-9-22-16/h2-8H,9H2,1H3,(H,20,21)/p-1. The SMILES string of the molecule is Cc1ccc2nc(-c3ccc4c(c3)OCO4)cc(C(=O)[O-])c2c1. The highest BCUT2D eigenvalue weighted by molar-refractivity contribution is 6.03. The Hall–Kier alpha value is -3.08. The maximum atomic E-state index is 11.5. The Morgan fingerprint density at radius 1 is 1.09 bits per heavy atom. The molecule has 1 aromatic heterocycles. The van der Waals surface area contributed by atoms with Crippen molar-refractivity contribution >= 4 is 16.9 Å². The highest BCUT2D eigenvalue weighted by atomic mass is 16.7. The quantitative estimate of drug-likeness (QED) is 0.726. The number of aryl methyl sites for hydroxylation is 1. The molecule has 0 unspecified atom stereocenters. The van der Waals surface area contributed by atoms with Crippen molar-refractivity contribution in [3.05, 3.63) is 53.6 Å². The fraction of sp³-hybridized carbons (Fsp3) is 0.111. The number of carboxylic acid groups (broad SMARTS) is 1. The van der Waals surface area contributed by atoms with Crippen LogP contribution in [0.25, 0.3) is 22.2 Å². The zero-order valence-electron chi connectivity index (χ0n) is 12.3. The first-order valence-electron chi connectivity index (χ1n) is 7.14. The lowest BCUT2D eigenvalue weighted by Gasteiger charge is -2.11. The van der Waals surface area contributed by atoms with Crippen molar-refractivity contribution in [2.45, 2.75) is 6.92 Å². The van der Waals surface area contributed by atoms with E-state index in [-0.39, 0.29) is 12.4 Å². The Balaban J connectivity index is 1.94. The summed E-state index contributed by atoms with van der Waals surface area (Å²) >= 11 is 0. The molecule has 0 fully saturated rings. The van der Waals surface area contributed by atoms with E-state index in [2.05, 4.69) is 4.98 Å². The number of hydrogen-bond acceptors (Lipinski definition) is 5. The van der Waals surface area contributed by atoms with E-state index in [0.29, 0.717) is 28.1 Å². The molecule has 1 aliphatic rings. The van der Waals surface area contributed by atoms with Crippen molar-refractivity contribution in [1.29, 1.82) is 0 Å². The number of carbonyl (C=O) groups is 1. The van der Waals surface area contributed by atoms with Crippen LogP contribution in [0, 0.1) is 6.92 Å². The number of carboxylic acids is 1. The Bertz CT molecular complexity index is 949. The summed E-state index contributed by atoms with van der Waals surface area (Å²) in [6.07, 6.45) is 0. The van der Waals surface area contributed by atoms with Crippen molar-refractivity contribution in [2.24, 2.45) is 0 Å². The summed E-state index contributed by atoms with van der Waals surface area (Å²) in [5.41, 5.74) is 3.03. The van der Waals surface area contributed by atoms with Crippen LogP contribution in [0.15, 0.2) is 42.5 Å². The molecule has 0 saturated carbocycles. The molecule has 0 amide bonds. The van der Waals surface area contributed by atoms with Crippen molar-refractivity contribution in [3.8, 4) is 22.8 Å². The van der Waals surface area contributed by atoms with Crippen LogP contribution in [-0.2, 0) is 0 Å². The van der Waals surface area contributed by atoms with Crippen molar-refractivity contribution in [3.63, 3.8) is 0 Å². The van der Waals surface area contributed by atoms with Crippen LogP contribution in [-0.4, -0.2) is 17.7 Å². The maximum Gasteiger partial charge on any atom is 0.231 e. The van der Waals surface area contributed by atoms with Gasteiger partial charge in [-0.1, -0.05) is 11.6 Å². The largest absolute Gasteiger partial charge is 0.545 e. The van der Waals surface area contributed by atoms with Crippen molar-refractivity contribution in [1.82, 2.24) is 4.98 Å². The molecule has 0 aliphatic carbocycles. The molecule has 1 aliphatic heterocycles. The van der Waals surface area contributed by atoms with E-state index in [0.717, 1.165) is 11.1 Å². The molecule has 0 saturated heterocycles. The minimum Gasteiger partial charge on any atom is -0.545 e. The van der Waals surface area contributed by atoms with E-state index in [4.69, 9.17) is 9.47 Å². The third-order valence-corrected chi connectivity index (χ3v) is 3.85. The summed E-state index contributed by atoms with van der Waals surface area (Å²) in [5.74, 6) is 0.0820. The van der Waals surface area contributed by atoms with Crippen LogP contribution in [0.1, 0.15) is 15.9 Å². The average molecular weight is 306 g/mol. The summed E-state index contributed by atoms with van der Waals surface area (Å²) in [4.78, 5) is 16.1. The monoisotopic (exact) mass is 306 g/mol. The summed E-state index contributed by atoms with van der Waals surface area (Å²) in [6, 6.07) is 12.5. The fourth-order valence-electron chi connectivity index (χ4n) is 2.71. The van der Waals surface area contributed by atoms with Gasteiger partial charge in [-0.3, -0.25) is 0 Å². The number of aromatic nitrogens is 1. The number of rotatable bonds is 2. The van der Waals surface area contributed by atoms with Crippen LogP contribution < -0.4 is 14.6 Å². The first kappa shape index (κ1) is 13.6. The molecule has 5 nitrogen and oxygen atoms in total. The van der Waals surface area contributed by atoms with E-state index in [1.54, 1.807) is 18.2 Å². The summed E-state index contributed by atoms with van der Waals surface area (Å²) in [7, 11) is 0. The van der Waals surface area contributed by atoms with Crippen LogP contribution in [0.3, 0.4) is 0 Å². The molecule has 0 bridgehead atoms. The lowest BCUT2D eigenvalue weighted by atomic mass is 10.0. The number of ether oxygens (including phenoxy) is 2. The lowest BCUT2D eigenvalue weighted by molar-refractivity contribution is -0.254. The number of benzene rings is 2. The number of hydrogen-bond donors (Lipinski definition) is 0. The van der Waals surface area contributed by atoms with Gasteiger partial charge >= 0.3 is 0 Å². The molecular weight excluding hydrogens is 294 g/mol. The highest BCUT2D eigenvalue weighted by Crippen LogP contribution is 2.36. The number of carbonyl (C=O) groups excluding carboxylic acids is 1. The van der Waals surface area contributed by atoms with Gasteiger partial charge in [0.05, 0.1) is 17.2 Å². The van der Waals surface area contributed by atoms with E-state index < -0.39 is 5.97 Å². The number of nitrogens with zero attached hydrogens (tertiary/aromatic N) is 1. The van der Waals surface area contributed by atoms with Gasteiger partial charge in [0.1, 0.15) is 0 Å². The zero-order chi connectivity index (χ0) is 16.0. The van der Waals surface area contributed by atoms with Crippen molar-refractivity contribution in [2.75, 3.05) is 6.79 Å². The van der Waals surface area contributed by atoms with Gasteiger partial charge in [0.25, 0.3) is 0 Å². The second-order valence-corrected chi connectivity index (χ2v) is 5.43. The molecule has 3 aromatic rings. The van der Waals surface area contributed by atoms with Gasteiger partial charge in [0.2, 0.25) is 6.79 Å². The van der Waals surface area contributed by atoms with Gasteiger partial charge in [0.15, 0.2) is 11.5 Å². The summed E-state index contributed by atoms with van der Waals surface area (Å²) in [6.45, 7) is 2.09. The first-order chi connectivity index (χ1) is 11.1. The van der Waals surface area contributed by atoms with E-state index in [1.165, 1.54) is 6.07 Å². The van der Waals surface area contributed by atoms with E-state index in [1.807, 2.05) is 25.1 Å². The van der Waals surface area contributed by atoms with Gasteiger partial charge in [-0.05, 0) is 43.3 Å². The van der Waals surface area contributed by atoms with Gasteiger partial charge in [0, 0.05) is 16.5 Å². The molecule has 0 spiro atoms. The highest BCUT2D eigenvalue weighted by Gasteiger charge is 2.15. The van der Waals surface area contributed by atoms with Crippen LogP contribution in [0.5, 0.6) is 11.5 Å². The van der Waals surface area contributed by atoms with Gasteiger partial charge < -0.3 is 19.4 Å². The van der Waals surface area contributed by atoms with Crippen LogP contribution >= 0.6 is 0 Å². The van der Waals surface area contributed by atoms with E-state index >= 15 is 0 Å². The fourth-order valence-corrected chi connectivity index (χ4v) is 2.71. The molecule has 2 aromatic carbocycles. The summed E-state index contributed by atoms with van der Waals surface area (Å²) < 4.78 is 10.7. The molecule has 5 heteroatoms. The maximum absolute atomic E-state index is 11.5. The van der Waals surface area contributed by atoms with Crippen LogP contribution in [0.2, 0.25) is 0 Å². The number of fused-ring (bicyclic) bond motifs is 2. The molecular formula is C18H12NO4-. The number of pyridine rings is 1. The summed E-state index contributed by atoms with van der Waals surface area (Å²) in [5, 5.41) is 12.1. The Morgan fingerprint density at radius 2 is 1.91 bits per heavy atom. The first-order valence-corrected chi connectivity index (χ1v) is 7.14. The second-order valence-electron chi connectivity index (χ2n) is 5.43. The molecule has 4 rings (SSSR count). The topological polar surface area (TPSA) is 71.5 Å². The molecule has 114 valence electrons. The third-order valence-electron chi connectivity index (χ3n) is 3.85. The predicted molar refractivity (Wildman–Crippen MR) is 82.4 cm³/mol. The smallest absolute Gasteiger partial charge is 0.231 e. The van der Waals surface area contributed by atoms with Gasteiger partial charge in [-0.2, -0.15) is 0 Å². The zero-order valence-corrected chi connectivity index (χ0v) is 12.3. The van der Waals surface area contributed by atoms with Gasteiger partial charge in [-0.25, -0.2) is 4.98 Å². The Labute approximate surface area is 132 Å². The second kappa shape index (κ2) is 4.98. The van der Waals surface area contributed by atoms with E-state index in [9.17, 15) is 9.90 Å². The lowest BCUT2D eigenvalue weighted by Crippen LogP contribution is -2.22. The van der Waals surface area contributed by atoms with Crippen LogP contribution in [0.4, 0.5) is 0 Å². The Kier molecular flexibility index (Phi) is 2.94. The Morgan fingerprint density at radius 3 is 2.74 bits per heavy atom. The third kappa shape index (κ3) is 2.26. The number of aromatic carboxylic acids is 1. The minimum absolute atomic E-state index is 0.131. The van der Waals surface area contributed by atoms with Gasteiger partial charge in [-0.15, -0.1) is 0 Å². The average Bonchev–Trinajstić information content (AvgIpc) is 3.01. The normalized spacial score (nSPS) is 12.6. The van der Waals surface area contributed by atoms with Crippen molar-refractivity contribution < 1.29 is 19.4 Å².